The Morgan fingerprint density at radius 1 is 1.64 bits per heavy atom. The molecular weight excluding hydrogens is 142 g/mol. The van der Waals surface area contributed by atoms with Crippen LogP contribution >= 0.6 is 0 Å². The number of hydrogen-bond acceptors (Lipinski definition) is 3. The third kappa shape index (κ3) is 1.71. The number of nitrogens with two attached hydrogens (primary N) is 1. The fourth-order valence-corrected chi connectivity index (χ4v) is 1.41. The Kier molecular flexibility index (Phi) is 2.88. The van der Waals surface area contributed by atoms with E-state index in [0.717, 1.165) is 12.8 Å². The first-order valence-electron chi connectivity index (χ1n) is 4.16. The van der Waals surface area contributed by atoms with Crippen LogP contribution in [0.15, 0.2) is 0 Å². The van der Waals surface area contributed by atoms with E-state index < -0.39 is 0 Å². The summed E-state index contributed by atoms with van der Waals surface area (Å²) in [6.07, 6.45) is 2.04. The van der Waals surface area contributed by atoms with Gasteiger partial charge in [-0.3, -0.25) is 4.79 Å². The van der Waals surface area contributed by atoms with Crippen molar-refractivity contribution in [3.05, 3.63) is 0 Å². The van der Waals surface area contributed by atoms with Gasteiger partial charge >= 0.3 is 5.97 Å². The maximum atomic E-state index is 11.1. The molecule has 0 radical (unpaired) electrons. The van der Waals surface area contributed by atoms with Gasteiger partial charge < -0.3 is 10.5 Å². The molecule has 2 N–H and O–H groups in total. The Bertz CT molecular complexity index is 145. The van der Waals surface area contributed by atoms with Crippen molar-refractivity contribution in [1.82, 2.24) is 0 Å². The third-order valence-electron chi connectivity index (χ3n) is 2.31. The number of carbonyl (C=O) groups is 1. The summed E-state index contributed by atoms with van der Waals surface area (Å²) in [5, 5.41) is 0. The SMILES string of the molecule is CCOC(=O)[C@@H]1CC[C@@H]1CN. The zero-order valence-corrected chi connectivity index (χ0v) is 6.88. The van der Waals surface area contributed by atoms with Gasteiger partial charge in [0, 0.05) is 0 Å². The van der Waals surface area contributed by atoms with E-state index in [4.69, 9.17) is 10.5 Å². The zero-order valence-electron chi connectivity index (χ0n) is 6.88. The highest BCUT2D eigenvalue weighted by molar-refractivity contribution is 5.73. The Balaban J connectivity index is 2.30. The van der Waals surface area contributed by atoms with Crippen molar-refractivity contribution in [2.45, 2.75) is 19.8 Å². The number of ether oxygens (including phenoxy) is 1. The molecule has 0 amide bonds. The van der Waals surface area contributed by atoms with E-state index in [9.17, 15) is 4.79 Å². The van der Waals surface area contributed by atoms with E-state index in [1.54, 1.807) is 0 Å². The van der Waals surface area contributed by atoms with Crippen LogP contribution < -0.4 is 5.73 Å². The largest absolute Gasteiger partial charge is 0.466 e. The topological polar surface area (TPSA) is 52.3 Å². The van der Waals surface area contributed by atoms with Crippen molar-refractivity contribution in [3.8, 4) is 0 Å². The van der Waals surface area contributed by atoms with Gasteiger partial charge in [-0.2, -0.15) is 0 Å². The predicted octanol–water partition coefficient (Wildman–Crippen LogP) is 0.534. The van der Waals surface area contributed by atoms with Crippen LogP contribution in [0, 0.1) is 11.8 Å². The minimum absolute atomic E-state index is 0.0609. The van der Waals surface area contributed by atoms with Gasteiger partial charge in [-0.25, -0.2) is 0 Å². The molecule has 1 rings (SSSR count). The number of carbonyl (C=O) groups excluding carboxylic acids is 1. The summed E-state index contributed by atoms with van der Waals surface area (Å²) in [6.45, 7) is 2.92. The molecule has 0 bridgehead atoms. The molecule has 0 saturated heterocycles. The van der Waals surface area contributed by atoms with E-state index in [-0.39, 0.29) is 11.9 Å². The molecular formula is C8H15NO2. The highest BCUT2D eigenvalue weighted by atomic mass is 16.5. The second-order valence-electron chi connectivity index (χ2n) is 2.93. The normalized spacial score (nSPS) is 29.3. The van der Waals surface area contributed by atoms with Crippen LogP contribution in [0.5, 0.6) is 0 Å². The smallest absolute Gasteiger partial charge is 0.309 e. The van der Waals surface area contributed by atoms with Crippen molar-refractivity contribution in [2.24, 2.45) is 17.6 Å². The van der Waals surface area contributed by atoms with Crippen LogP contribution in [-0.2, 0) is 9.53 Å². The molecule has 1 aliphatic rings. The molecule has 0 heterocycles. The lowest BCUT2D eigenvalue weighted by atomic mass is 9.74. The molecule has 0 unspecified atom stereocenters. The molecule has 0 aromatic carbocycles. The quantitative estimate of drug-likeness (QED) is 0.608. The molecule has 1 saturated carbocycles. The summed E-state index contributed by atoms with van der Waals surface area (Å²) >= 11 is 0. The van der Waals surface area contributed by atoms with Crippen molar-refractivity contribution >= 4 is 5.97 Å². The Morgan fingerprint density at radius 2 is 2.36 bits per heavy atom. The maximum absolute atomic E-state index is 11.1. The molecule has 2 atom stereocenters. The van der Waals surface area contributed by atoms with Crippen molar-refractivity contribution < 1.29 is 9.53 Å². The lowest BCUT2D eigenvalue weighted by Crippen LogP contribution is -2.38. The molecule has 64 valence electrons. The second kappa shape index (κ2) is 3.72. The van der Waals surface area contributed by atoms with Crippen LogP contribution in [0.2, 0.25) is 0 Å². The Labute approximate surface area is 66.9 Å². The summed E-state index contributed by atoms with van der Waals surface area (Å²) in [6, 6.07) is 0. The Morgan fingerprint density at radius 3 is 2.73 bits per heavy atom. The molecule has 11 heavy (non-hydrogen) atoms. The average Bonchev–Trinajstić information content (AvgIpc) is 1.86. The molecule has 3 nitrogen and oxygen atoms in total. The van der Waals surface area contributed by atoms with E-state index >= 15 is 0 Å². The van der Waals surface area contributed by atoms with Gasteiger partial charge in [0.15, 0.2) is 0 Å². The first kappa shape index (κ1) is 8.53. The zero-order chi connectivity index (χ0) is 8.27. The fourth-order valence-electron chi connectivity index (χ4n) is 1.41. The molecule has 1 aliphatic carbocycles. The molecule has 0 aromatic heterocycles. The van der Waals surface area contributed by atoms with E-state index in [1.807, 2.05) is 6.92 Å². The number of rotatable bonds is 3. The van der Waals surface area contributed by atoms with Crippen LogP contribution in [-0.4, -0.2) is 19.1 Å². The van der Waals surface area contributed by atoms with Crippen LogP contribution in [0.1, 0.15) is 19.8 Å². The molecule has 0 aliphatic heterocycles. The lowest BCUT2D eigenvalue weighted by molar-refractivity contribution is -0.153. The van der Waals surface area contributed by atoms with E-state index in [0.29, 0.717) is 19.1 Å². The Hall–Kier alpha value is -0.570. The average molecular weight is 157 g/mol. The maximum Gasteiger partial charge on any atom is 0.309 e. The van der Waals surface area contributed by atoms with Gasteiger partial charge in [0.25, 0.3) is 0 Å². The van der Waals surface area contributed by atoms with Gasteiger partial charge in [0.05, 0.1) is 12.5 Å². The molecule has 0 aromatic rings. The summed E-state index contributed by atoms with van der Waals surface area (Å²) in [4.78, 5) is 11.1. The summed E-state index contributed by atoms with van der Waals surface area (Å²) in [7, 11) is 0. The summed E-state index contributed by atoms with van der Waals surface area (Å²) in [5.74, 6) is 0.420. The van der Waals surface area contributed by atoms with Gasteiger partial charge in [-0.05, 0) is 32.2 Å². The summed E-state index contributed by atoms with van der Waals surface area (Å²) < 4.78 is 4.88. The van der Waals surface area contributed by atoms with Gasteiger partial charge in [0.2, 0.25) is 0 Å². The second-order valence-corrected chi connectivity index (χ2v) is 2.93. The fraction of sp³-hybridized carbons (Fsp3) is 0.875. The molecule has 3 heteroatoms. The monoisotopic (exact) mass is 157 g/mol. The van der Waals surface area contributed by atoms with Crippen LogP contribution in [0.3, 0.4) is 0 Å². The number of esters is 1. The lowest BCUT2D eigenvalue weighted by Gasteiger charge is -2.33. The highest BCUT2D eigenvalue weighted by Crippen LogP contribution is 2.34. The van der Waals surface area contributed by atoms with E-state index in [1.165, 1.54) is 0 Å². The van der Waals surface area contributed by atoms with Gasteiger partial charge in [-0.1, -0.05) is 0 Å². The van der Waals surface area contributed by atoms with Crippen molar-refractivity contribution in [2.75, 3.05) is 13.2 Å². The van der Waals surface area contributed by atoms with E-state index in [2.05, 4.69) is 0 Å². The molecule has 1 fully saturated rings. The van der Waals surface area contributed by atoms with Crippen molar-refractivity contribution in [1.29, 1.82) is 0 Å². The highest BCUT2D eigenvalue weighted by Gasteiger charge is 2.36. The van der Waals surface area contributed by atoms with Crippen LogP contribution in [0.25, 0.3) is 0 Å². The standard InChI is InChI=1S/C8H15NO2/c1-2-11-8(10)7-4-3-6(7)5-9/h6-7H,2-5,9H2,1H3/t6-,7-/m1/s1. The summed E-state index contributed by atoms with van der Waals surface area (Å²) in [5.41, 5.74) is 5.45. The number of hydrogen-bond donors (Lipinski definition) is 1. The molecule has 0 spiro atoms. The van der Waals surface area contributed by atoms with Gasteiger partial charge in [0.1, 0.15) is 0 Å². The first-order chi connectivity index (χ1) is 5.29. The van der Waals surface area contributed by atoms with Crippen LogP contribution in [0.4, 0.5) is 0 Å². The van der Waals surface area contributed by atoms with Gasteiger partial charge in [-0.15, -0.1) is 0 Å². The minimum Gasteiger partial charge on any atom is -0.466 e. The predicted molar refractivity (Wildman–Crippen MR) is 41.9 cm³/mol. The first-order valence-corrected chi connectivity index (χ1v) is 4.16. The third-order valence-corrected chi connectivity index (χ3v) is 2.31. The minimum atomic E-state index is -0.0609. The van der Waals surface area contributed by atoms with Crippen molar-refractivity contribution in [3.63, 3.8) is 0 Å².